The van der Waals surface area contributed by atoms with Crippen molar-refractivity contribution in [2.75, 3.05) is 20.8 Å². The van der Waals surface area contributed by atoms with E-state index in [2.05, 4.69) is 10.6 Å². The van der Waals surface area contributed by atoms with Gasteiger partial charge in [0, 0.05) is 0 Å². The molecule has 1 aromatic rings. The molecule has 0 spiro atoms. The molecule has 0 saturated heterocycles. The predicted molar refractivity (Wildman–Crippen MR) is 85.6 cm³/mol. The third kappa shape index (κ3) is 6.46. The van der Waals surface area contributed by atoms with Crippen molar-refractivity contribution in [2.24, 2.45) is 0 Å². The number of alkyl carbamates (subject to hydrolysis) is 1. The highest BCUT2D eigenvalue weighted by molar-refractivity contribution is 5.82. The Morgan fingerprint density at radius 3 is 2.09 bits per heavy atom. The van der Waals surface area contributed by atoms with Crippen LogP contribution < -0.4 is 20.1 Å². The fraction of sp³-hybridized carbons (Fsp3) is 0.500. The summed E-state index contributed by atoms with van der Waals surface area (Å²) in [7, 11) is 3.09. The van der Waals surface area contributed by atoms with Gasteiger partial charge in [-0.05, 0) is 32.9 Å². The maximum absolute atomic E-state index is 11.8. The Morgan fingerprint density at radius 1 is 1.04 bits per heavy atom. The van der Waals surface area contributed by atoms with Crippen LogP contribution in [0.4, 0.5) is 4.79 Å². The molecule has 0 aliphatic rings. The summed E-state index contributed by atoms with van der Waals surface area (Å²) >= 11 is 0. The molecule has 23 heavy (non-hydrogen) atoms. The van der Waals surface area contributed by atoms with Gasteiger partial charge >= 0.3 is 6.09 Å². The molecule has 0 aliphatic carbocycles. The highest BCUT2D eigenvalue weighted by Crippen LogP contribution is 2.27. The Hall–Kier alpha value is -2.44. The van der Waals surface area contributed by atoms with Crippen LogP contribution in [0.25, 0.3) is 0 Å². The van der Waals surface area contributed by atoms with Gasteiger partial charge in [0.05, 0.1) is 26.3 Å². The molecular weight excluding hydrogens is 300 g/mol. The first-order valence-corrected chi connectivity index (χ1v) is 7.20. The first-order chi connectivity index (χ1) is 10.8. The van der Waals surface area contributed by atoms with Crippen LogP contribution in [0.1, 0.15) is 26.3 Å². The van der Waals surface area contributed by atoms with Crippen molar-refractivity contribution in [1.82, 2.24) is 10.6 Å². The Labute approximate surface area is 136 Å². The normalized spacial score (nSPS) is 10.7. The number of carbonyl (C=O) groups is 2. The summed E-state index contributed by atoms with van der Waals surface area (Å²) < 4.78 is 15.6. The Kier molecular flexibility index (Phi) is 6.68. The van der Waals surface area contributed by atoms with Crippen LogP contribution in [0.2, 0.25) is 0 Å². The standard InChI is InChI=1S/C16H24N2O5/c1-16(2,3)23-15(20)18-10-14(19)17-9-11-12(21-4)7-6-8-13(11)22-5/h6-8H,9-10H2,1-5H3,(H,17,19)(H,18,20). The van der Waals surface area contributed by atoms with Gasteiger partial charge in [-0.25, -0.2) is 4.79 Å². The van der Waals surface area contributed by atoms with Crippen LogP contribution >= 0.6 is 0 Å². The van der Waals surface area contributed by atoms with E-state index < -0.39 is 11.7 Å². The zero-order valence-electron chi connectivity index (χ0n) is 14.2. The van der Waals surface area contributed by atoms with Gasteiger partial charge in [0.15, 0.2) is 0 Å². The molecule has 2 N–H and O–H groups in total. The van der Waals surface area contributed by atoms with E-state index in [0.29, 0.717) is 11.5 Å². The quantitative estimate of drug-likeness (QED) is 0.834. The maximum atomic E-state index is 11.8. The second kappa shape index (κ2) is 8.26. The minimum absolute atomic E-state index is 0.174. The molecule has 0 atom stereocenters. The lowest BCUT2D eigenvalue weighted by molar-refractivity contribution is -0.120. The van der Waals surface area contributed by atoms with E-state index in [-0.39, 0.29) is 19.0 Å². The van der Waals surface area contributed by atoms with Crippen LogP contribution in [0.3, 0.4) is 0 Å². The summed E-state index contributed by atoms with van der Waals surface area (Å²) in [6.07, 6.45) is -0.637. The van der Waals surface area contributed by atoms with Gasteiger partial charge in [-0.3, -0.25) is 4.79 Å². The highest BCUT2D eigenvalue weighted by Gasteiger charge is 2.17. The largest absolute Gasteiger partial charge is 0.496 e. The SMILES string of the molecule is COc1cccc(OC)c1CNC(=O)CNC(=O)OC(C)(C)C. The van der Waals surface area contributed by atoms with Crippen molar-refractivity contribution in [3.05, 3.63) is 23.8 Å². The number of benzene rings is 1. The average molecular weight is 324 g/mol. The highest BCUT2D eigenvalue weighted by atomic mass is 16.6. The van der Waals surface area contributed by atoms with E-state index in [1.807, 2.05) is 0 Å². The van der Waals surface area contributed by atoms with E-state index in [1.165, 1.54) is 0 Å². The summed E-state index contributed by atoms with van der Waals surface area (Å²) in [6, 6.07) is 5.36. The first-order valence-electron chi connectivity index (χ1n) is 7.20. The molecule has 0 heterocycles. The summed E-state index contributed by atoms with van der Waals surface area (Å²) in [5, 5.41) is 5.09. The van der Waals surface area contributed by atoms with Gasteiger partial charge in [0.25, 0.3) is 0 Å². The van der Waals surface area contributed by atoms with Crippen LogP contribution in [-0.4, -0.2) is 38.4 Å². The summed E-state index contributed by atoms with van der Waals surface area (Å²) in [5.74, 6) is 0.887. The maximum Gasteiger partial charge on any atom is 0.408 e. The minimum atomic E-state index is -0.637. The van der Waals surface area contributed by atoms with E-state index in [0.717, 1.165) is 5.56 Å². The molecule has 2 amide bonds. The number of hydrogen-bond acceptors (Lipinski definition) is 5. The fourth-order valence-electron chi connectivity index (χ4n) is 1.82. The Morgan fingerprint density at radius 2 is 1.61 bits per heavy atom. The number of methoxy groups -OCH3 is 2. The van der Waals surface area contributed by atoms with Crippen molar-refractivity contribution in [3.8, 4) is 11.5 Å². The van der Waals surface area contributed by atoms with E-state index >= 15 is 0 Å². The average Bonchev–Trinajstić information content (AvgIpc) is 2.48. The topological polar surface area (TPSA) is 85.9 Å². The minimum Gasteiger partial charge on any atom is -0.496 e. The van der Waals surface area contributed by atoms with Crippen LogP contribution in [-0.2, 0) is 16.1 Å². The van der Waals surface area contributed by atoms with Gasteiger partial charge in [0.1, 0.15) is 23.6 Å². The second-order valence-electron chi connectivity index (χ2n) is 5.77. The molecule has 7 nitrogen and oxygen atoms in total. The number of rotatable bonds is 6. The van der Waals surface area contributed by atoms with Crippen molar-refractivity contribution in [3.63, 3.8) is 0 Å². The molecule has 0 aromatic heterocycles. The Bertz CT molecular complexity index is 530. The van der Waals surface area contributed by atoms with Gasteiger partial charge in [-0.2, -0.15) is 0 Å². The van der Waals surface area contributed by atoms with E-state index in [1.54, 1.807) is 53.2 Å². The van der Waals surface area contributed by atoms with E-state index in [9.17, 15) is 9.59 Å². The molecule has 0 aliphatic heterocycles. The van der Waals surface area contributed by atoms with Crippen LogP contribution in [0, 0.1) is 0 Å². The van der Waals surface area contributed by atoms with Crippen molar-refractivity contribution in [2.45, 2.75) is 32.9 Å². The molecule has 1 aromatic carbocycles. The molecule has 0 fully saturated rings. The summed E-state index contributed by atoms with van der Waals surface area (Å²) in [5.41, 5.74) is 0.119. The van der Waals surface area contributed by atoms with E-state index in [4.69, 9.17) is 14.2 Å². The van der Waals surface area contributed by atoms with Gasteiger partial charge in [-0.1, -0.05) is 6.07 Å². The number of amides is 2. The Balaban J connectivity index is 2.53. The molecule has 1 rings (SSSR count). The molecule has 128 valence electrons. The van der Waals surface area contributed by atoms with Gasteiger partial charge in [-0.15, -0.1) is 0 Å². The lowest BCUT2D eigenvalue weighted by Gasteiger charge is -2.19. The molecule has 0 unspecified atom stereocenters. The fourth-order valence-corrected chi connectivity index (χ4v) is 1.82. The smallest absolute Gasteiger partial charge is 0.408 e. The lowest BCUT2D eigenvalue weighted by Crippen LogP contribution is -2.39. The number of ether oxygens (including phenoxy) is 3. The van der Waals surface area contributed by atoms with Crippen LogP contribution in [0.15, 0.2) is 18.2 Å². The zero-order valence-corrected chi connectivity index (χ0v) is 14.2. The third-order valence-corrected chi connectivity index (χ3v) is 2.78. The molecule has 0 bridgehead atoms. The predicted octanol–water partition coefficient (Wildman–Crippen LogP) is 1.84. The monoisotopic (exact) mass is 324 g/mol. The summed E-state index contributed by atoms with van der Waals surface area (Å²) in [4.78, 5) is 23.3. The molecule has 7 heteroatoms. The lowest BCUT2D eigenvalue weighted by atomic mass is 10.1. The zero-order chi connectivity index (χ0) is 17.5. The van der Waals surface area contributed by atoms with Crippen molar-refractivity contribution in [1.29, 1.82) is 0 Å². The molecule has 0 saturated carbocycles. The second-order valence-corrected chi connectivity index (χ2v) is 5.77. The number of hydrogen-bond donors (Lipinski definition) is 2. The van der Waals surface area contributed by atoms with Gasteiger partial charge in [0.2, 0.25) is 5.91 Å². The first kappa shape index (κ1) is 18.6. The van der Waals surface area contributed by atoms with Crippen LogP contribution in [0.5, 0.6) is 11.5 Å². The van der Waals surface area contributed by atoms with Crippen molar-refractivity contribution < 1.29 is 23.8 Å². The molecule has 0 radical (unpaired) electrons. The molecular formula is C16H24N2O5. The van der Waals surface area contributed by atoms with Crippen molar-refractivity contribution >= 4 is 12.0 Å². The van der Waals surface area contributed by atoms with Gasteiger partial charge < -0.3 is 24.8 Å². The third-order valence-electron chi connectivity index (χ3n) is 2.78. The number of nitrogens with one attached hydrogen (secondary N) is 2. The number of carbonyl (C=O) groups excluding carboxylic acids is 2. The summed E-state index contributed by atoms with van der Waals surface area (Å²) in [6.45, 7) is 5.30.